The van der Waals surface area contributed by atoms with Crippen LogP contribution >= 0.6 is 0 Å². The highest BCUT2D eigenvalue weighted by molar-refractivity contribution is 5.10. The van der Waals surface area contributed by atoms with Crippen LogP contribution in [0.15, 0.2) is 0 Å². The molecule has 0 aromatic heterocycles. The summed E-state index contributed by atoms with van der Waals surface area (Å²) < 4.78 is 0. The molecule has 0 rings (SSSR count). The second-order valence-corrected chi connectivity index (χ2v) is 1.02. The van der Waals surface area contributed by atoms with Gasteiger partial charge >= 0.3 is 0 Å². The molecule has 1 N–H and O–H groups in total. The van der Waals surface area contributed by atoms with Crippen molar-refractivity contribution in [2.45, 2.75) is 6.04 Å². The Labute approximate surface area is 43.1 Å². The summed E-state index contributed by atoms with van der Waals surface area (Å²) in [5, 5.41) is 10.7. The molecule has 0 aliphatic rings. The van der Waals surface area contributed by atoms with Crippen molar-refractivity contribution in [3.63, 3.8) is 0 Å². The Hall–Kier alpha value is -0.990. The molecule has 1 atom stereocenters. The SMILES string of the molecule is C#CC(C#N)NC. The van der Waals surface area contributed by atoms with Crippen LogP contribution in [-0.2, 0) is 0 Å². The van der Waals surface area contributed by atoms with Crippen molar-refractivity contribution < 1.29 is 0 Å². The van der Waals surface area contributed by atoms with E-state index in [9.17, 15) is 0 Å². The zero-order valence-electron chi connectivity index (χ0n) is 4.10. The van der Waals surface area contributed by atoms with Crippen LogP contribution < -0.4 is 5.32 Å². The summed E-state index contributed by atoms with van der Waals surface area (Å²) in [6.07, 6.45) is 4.86. The second kappa shape index (κ2) is 3.21. The van der Waals surface area contributed by atoms with E-state index in [-0.39, 0.29) is 0 Å². The number of rotatable bonds is 1. The molecule has 0 saturated carbocycles. The summed E-state index contributed by atoms with van der Waals surface area (Å²) in [4.78, 5) is 0. The summed E-state index contributed by atoms with van der Waals surface area (Å²) in [5.74, 6) is 2.23. The van der Waals surface area contributed by atoms with Crippen LogP contribution in [0, 0.1) is 23.7 Å². The number of hydrogen-bond acceptors (Lipinski definition) is 2. The fourth-order valence-corrected chi connectivity index (χ4v) is 0.185. The smallest absolute Gasteiger partial charge is 0.157 e. The quantitative estimate of drug-likeness (QED) is 0.454. The molecule has 7 heavy (non-hydrogen) atoms. The summed E-state index contributed by atoms with van der Waals surface area (Å²) in [5.41, 5.74) is 0. The Bertz CT molecular complexity index is 101. The fourth-order valence-electron chi connectivity index (χ4n) is 0.185. The molecule has 0 heterocycles. The normalized spacial score (nSPS) is 11.3. The number of hydrogen-bond donors (Lipinski definition) is 1. The van der Waals surface area contributed by atoms with Crippen molar-refractivity contribution in [2.75, 3.05) is 7.05 Å². The highest BCUT2D eigenvalue weighted by Crippen LogP contribution is 1.68. The van der Waals surface area contributed by atoms with Gasteiger partial charge in [0.25, 0.3) is 0 Å². The Morgan fingerprint density at radius 1 is 1.86 bits per heavy atom. The lowest BCUT2D eigenvalue weighted by atomic mass is 10.4. The third-order valence-corrected chi connectivity index (χ3v) is 0.584. The van der Waals surface area contributed by atoms with E-state index in [2.05, 4.69) is 11.2 Å². The Morgan fingerprint density at radius 3 is 2.43 bits per heavy atom. The lowest BCUT2D eigenvalue weighted by molar-refractivity contribution is 0.823. The van der Waals surface area contributed by atoms with Gasteiger partial charge in [-0.1, -0.05) is 5.92 Å². The van der Waals surface area contributed by atoms with Gasteiger partial charge in [-0.05, 0) is 7.05 Å². The molecule has 0 bridgehead atoms. The van der Waals surface area contributed by atoms with Crippen LogP contribution in [0.3, 0.4) is 0 Å². The summed E-state index contributed by atoms with van der Waals surface area (Å²) in [6, 6.07) is 1.42. The predicted octanol–water partition coefficient (Wildman–Crippen LogP) is -0.269. The van der Waals surface area contributed by atoms with E-state index in [0.29, 0.717) is 0 Å². The standard InChI is InChI=1S/C5H6N2/c1-3-5(4-6)7-2/h1,5,7H,2H3. The number of nitriles is 1. The van der Waals surface area contributed by atoms with E-state index >= 15 is 0 Å². The van der Waals surface area contributed by atoms with Crippen LogP contribution in [0.5, 0.6) is 0 Å². The number of terminal acetylenes is 1. The van der Waals surface area contributed by atoms with Crippen molar-refractivity contribution in [1.82, 2.24) is 5.32 Å². The minimum absolute atomic E-state index is 0.431. The molecule has 0 aliphatic carbocycles. The monoisotopic (exact) mass is 94.1 g/mol. The van der Waals surface area contributed by atoms with Crippen molar-refractivity contribution in [1.29, 1.82) is 5.26 Å². The fraction of sp³-hybridized carbons (Fsp3) is 0.400. The van der Waals surface area contributed by atoms with Crippen molar-refractivity contribution in [2.24, 2.45) is 0 Å². The van der Waals surface area contributed by atoms with Gasteiger partial charge in [-0.2, -0.15) is 5.26 Å². The van der Waals surface area contributed by atoms with Gasteiger partial charge in [0.1, 0.15) is 0 Å². The predicted molar refractivity (Wildman–Crippen MR) is 27.3 cm³/mol. The van der Waals surface area contributed by atoms with E-state index in [0.717, 1.165) is 0 Å². The molecule has 0 spiro atoms. The van der Waals surface area contributed by atoms with Crippen LogP contribution in [0.25, 0.3) is 0 Å². The zero-order chi connectivity index (χ0) is 5.70. The molecule has 36 valence electrons. The first-order valence-electron chi connectivity index (χ1n) is 1.88. The summed E-state index contributed by atoms with van der Waals surface area (Å²) in [7, 11) is 1.65. The molecule has 0 fully saturated rings. The van der Waals surface area contributed by atoms with Crippen LogP contribution in [-0.4, -0.2) is 13.1 Å². The minimum Gasteiger partial charge on any atom is -0.295 e. The average Bonchev–Trinajstić information content (AvgIpc) is 1.72. The van der Waals surface area contributed by atoms with Gasteiger partial charge in [0, 0.05) is 0 Å². The van der Waals surface area contributed by atoms with Crippen molar-refractivity contribution in [3.8, 4) is 18.4 Å². The highest BCUT2D eigenvalue weighted by atomic mass is 14.8. The lowest BCUT2D eigenvalue weighted by Gasteiger charge is -1.91. The van der Waals surface area contributed by atoms with Crippen LogP contribution in [0.4, 0.5) is 0 Å². The largest absolute Gasteiger partial charge is 0.295 e. The molecule has 0 radical (unpaired) electrons. The third-order valence-electron chi connectivity index (χ3n) is 0.584. The van der Waals surface area contributed by atoms with Gasteiger partial charge in [-0.25, -0.2) is 0 Å². The number of nitrogens with one attached hydrogen (secondary N) is 1. The van der Waals surface area contributed by atoms with Crippen LogP contribution in [0.1, 0.15) is 0 Å². The molecule has 0 aromatic carbocycles. The first-order valence-corrected chi connectivity index (χ1v) is 1.88. The van der Waals surface area contributed by atoms with Crippen LogP contribution in [0.2, 0.25) is 0 Å². The second-order valence-electron chi connectivity index (χ2n) is 1.02. The van der Waals surface area contributed by atoms with E-state index in [4.69, 9.17) is 11.7 Å². The maximum atomic E-state index is 8.07. The maximum Gasteiger partial charge on any atom is 0.157 e. The Balaban J connectivity index is 3.50. The Kier molecular flexibility index (Phi) is 2.76. The van der Waals surface area contributed by atoms with Gasteiger partial charge in [-0.15, -0.1) is 6.42 Å². The summed E-state index contributed by atoms with van der Waals surface area (Å²) >= 11 is 0. The first kappa shape index (κ1) is 6.01. The van der Waals surface area contributed by atoms with E-state index < -0.39 is 6.04 Å². The van der Waals surface area contributed by atoms with Gasteiger partial charge in [0.15, 0.2) is 6.04 Å². The topological polar surface area (TPSA) is 35.8 Å². The minimum atomic E-state index is -0.431. The molecule has 1 unspecified atom stereocenters. The van der Waals surface area contributed by atoms with Crippen molar-refractivity contribution in [3.05, 3.63) is 0 Å². The van der Waals surface area contributed by atoms with Gasteiger partial charge in [0.05, 0.1) is 6.07 Å². The Morgan fingerprint density at radius 2 is 2.43 bits per heavy atom. The third kappa shape index (κ3) is 1.81. The van der Waals surface area contributed by atoms with Gasteiger partial charge in [-0.3, -0.25) is 5.32 Å². The average molecular weight is 94.1 g/mol. The molecular formula is C5H6N2. The van der Waals surface area contributed by atoms with E-state index in [1.54, 1.807) is 7.05 Å². The van der Waals surface area contributed by atoms with Gasteiger partial charge in [0.2, 0.25) is 0 Å². The highest BCUT2D eigenvalue weighted by Gasteiger charge is 1.91. The molecule has 0 aliphatic heterocycles. The molecule has 2 nitrogen and oxygen atoms in total. The summed E-state index contributed by atoms with van der Waals surface area (Å²) in [6.45, 7) is 0. The zero-order valence-corrected chi connectivity index (χ0v) is 4.10. The van der Waals surface area contributed by atoms with E-state index in [1.165, 1.54) is 0 Å². The van der Waals surface area contributed by atoms with E-state index in [1.807, 2.05) is 6.07 Å². The molecule has 0 aromatic rings. The molecule has 0 saturated heterocycles. The first-order chi connectivity index (χ1) is 3.35. The van der Waals surface area contributed by atoms with Gasteiger partial charge < -0.3 is 0 Å². The maximum absolute atomic E-state index is 8.07. The van der Waals surface area contributed by atoms with Crippen molar-refractivity contribution >= 4 is 0 Å². The molecule has 0 amide bonds. The number of nitrogens with zero attached hydrogens (tertiary/aromatic N) is 1. The molecular weight excluding hydrogens is 88.1 g/mol. The lowest BCUT2D eigenvalue weighted by Crippen LogP contribution is -2.20. The molecule has 2 heteroatoms.